The van der Waals surface area contributed by atoms with E-state index in [1.165, 1.54) is 6.92 Å². The number of aromatic nitrogens is 1. The summed E-state index contributed by atoms with van der Waals surface area (Å²) in [6, 6.07) is 11.7. The molecular weight excluding hydrogens is 335 g/mol. The summed E-state index contributed by atoms with van der Waals surface area (Å²) in [5.41, 5.74) is 1.90. The Morgan fingerprint density at radius 3 is 2.30 bits per heavy atom. The third-order valence-electron chi connectivity index (χ3n) is 3.40. The number of hydrogen-bond donors (Lipinski definition) is 2. The Hall–Kier alpha value is -2.30. The average Bonchev–Trinajstić information content (AvgIpc) is 2.84. The summed E-state index contributed by atoms with van der Waals surface area (Å²) in [7, 11) is 0. The molecule has 1 amide bonds. The second-order valence-corrected chi connectivity index (χ2v) is 5.95. The average molecular weight is 347 g/mol. The number of hydrogen-bond acceptors (Lipinski definition) is 2. The lowest BCUT2D eigenvalue weighted by molar-refractivity contribution is -0.114. The van der Waals surface area contributed by atoms with E-state index in [4.69, 9.17) is 23.2 Å². The van der Waals surface area contributed by atoms with Crippen molar-refractivity contribution in [1.29, 1.82) is 0 Å². The van der Waals surface area contributed by atoms with E-state index in [0.29, 0.717) is 32.5 Å². The van der Waals surface area contributed by atoms with Gasteiger partial charge >= 0.3 is 0 Å². The Balaban J connectivity index is 2.16. The number of fused-ring (bicyclic) bond motifs is 1. The van der Waals surface area contributed by atoms with Crippen molar-refractivity contribution in [2.75, 3.05) is 5.32 Å². The molecule has 1 aromatic heterocycles. The molecule has 0 unspecified atom stereocenters. The van der Waals surface area contributed by atoms with E-state index in [1.807, 2.05) is 0 Å². The van der Waals surface area contributed by atoms with Crippen molar-refractivity contribution in [3.63, 3.8) is 0 Å². The van der Waals surface area contributed by atoms with Crippen LogP contribution in [-0.4, -0.2) is 16.7 Å². The van der Waals surface area contributed by atoms with Gasteiger partial charge in [-0.1, -0.05) is 23.2 Å². The first-order chi connectivity index (χ1) is 11.0. The van der Waals surface area contributed by atoms with E-state index >= 15 is 0 Å². The normalized spacial score (nSPS) is 10.7. The molecule has 0 atom stereocenters. The largest absolute Gasteiger partial charge is 0.350 e. The topological polar surface area (TPSA) is 62.0 Å². The maximum atomic E-state index is 12.8. The van der Waals surface area contributed by atoms with Crippen LogP contribution in [0.2, 0.25) is 10.0 Å². The molecule has 0 spiro atoms. The van der Waals surface area contributed by atoms with Crippen molar-refractivity contribution >= 4 is 51.5 Å². The lowest BCUT2D eigenvalue weighted by atomic mass is 10.1. The molecule has 2 aromatic carbocycles. The molecule has 6 heteroatoms. The van der Waals surface area contributed by atoms with Gasteiger partial charge in [-0.15, -0.1) is 0 Å². The number of amides is 1. The molecule has 2 N–H and O–H groups in total. The number of ketones is 1. The molecule has 0 bridgehead atoms. The van der Waals surface area contributed by atoms with Crippen LogP contribution in [0.5, 0.6) is 0 Å². The van der Waals surface area contributed by atoms with Gasteiger partial charge in [0.1, 0.15) is 5.69 Å². The summed E-state index contributed by atoms with van der Waals surface area (Å²) in [5.74, 6) is -0.497. The summed E-state index contributed by atoms with van der Waals surface area (Å²) in [6.45, 7) is 1.39. The minimum Gasteiger partial charge on any atom is -0.350 e. The fourth-order valence-electron chi connectivity index (χ4n) is 2.39. The molecule has 0 saturated heterocycles. The van der Waals surface area contributed by atoms with Crippen LogP contribution in [-0.2, 0) is 4.79 Å². The fraction of sp³-hybridized carbons (Fsp3) is 0.0588. The standard InChI is InChI=1S/C17H12Cl2N2O2/c1-9(22)20-15-13-7-6-12(19)8-14(13)21-16(15)17(23)10-2-4-11(18)5-3-10/h2-8,21H,1H3,(H,20,22). The van der Waals surface area contributed by atoms with E-state index in [2.05, 4.69) is 10.3 Å². The highest BCUT2D eigenvalue weighted by Gasteiger charge is 2.20. The summed E-state index contributed by atoms with van der Waals surface area (Å²) in [4.78, 5) is 27.3. The van der Waals surface area contributed by atoms with E-state index in [1.54, 1.807) is 42.5 Å². The predicted molar refractivity (Wildman–Crippen MR) is 92.5 cm³/mol. The quantitative estimate of drug-likeness (QED) is 0.677. The number of rotatable bonds is 3. The molecule has 0 radical (unpaired) electrons. The molecule has 0 aliphatic rings. The van der Waals surface area contributed by atoms with Crippen molar-refractivity contribution in [3.05, 3.63) is 63.8 Å². The summed E-state index contributed by atoms with van der Waals surface area (Å²) < 4.78 is 0. The summed E-state index contributed by atoms with van der Waals surface area (Å²) in [5, 5.41) is 4.53. The van der Waals surface area contributed by atoms with Crippen molar-refractivity contribution < 1.29 is 9.59 Å². The van der Waals surface area contributed by atoms with E-state index in [0.717, 1.165) is 5.39 Å². The molecule has 3 rings (SSSR count). The van der Waals surface area contributed by atoms with Gasteiger partial charge in [0.05, 0.1) is 5.69 Å². The summed E-state index contributed by atoms with van der Waals surface area (Å²) >= 11 is 11.8. The second kappa shape index (κ2) is 6.07. The molecule has 0 fully saturated rings. The second-order valence-electron chi connectivity index (χ2n) is 5.08. The van der Waals surface area contributed by atoms with Gasteiger partial charge in [0.2, 0.25) is 11.7 Å². The van der Waals surface area contributed by atoms with Crippen molar-refractivity contribution in [3.8, 4) is 0 Å². The van der Waals surface area contributed by atoms with Gasteiger partial charge in [-0.3, -0.25) is 9.59 Å². The zero-order valence-electron chi connectivity index (χ0n) is 12.1. The molecule has 4 nitrogen and oxygen atoms in total. The zero-order valence-corrected chi connectivity index (χ0v) is 13.6. The smallest absolute Gasteiger partial charge is 0.221 e. The third kappa shape index (κ3) is 3.09. The highest BCUT2D eigenvalue weighted by atomic mass is 35.5. The number of aromatic amines is 1. The van der Waals surface area contributed by atoms with Gasteiger partial charge in [-0.2, -0.15) is 0 Å². The molecular formula is C17H12Cl2N2O2. The first-order valence-electron chi connectivity index (χ1n) is 6.85. The first-order valence-corrected chi connectivity index (χ1v) is 7.60. The predicted octanol–water partition coefficient (Wildman–Crippen LogP) is 4.66. The van der Waals surface area contributed by atoms with Gasteiger partial charge < -0.3 is 10.3 Å². The lowest BCUT2D eigenvalue weighted by Crippen LogP contribution is -2.11. The number of nitrogens with one attached hydrogen (secondary N) is 2. The van der Waals surface area contributed by atoms with Gasteiger partial charge in [0, 0.05) is 33.4 Å². The van der Waals surface area contributed by atoms with Crippen LogP contribution < -0.4 is 5.32 Å². The first kappa shape index (κ1) is 15.6. The Morgan fingerprint density at radius 1 is 1.00 bits per heavy atom. The van der Waals surface area contributed by atoms with Gasteiger partial charge in [0.15, 0.2) is 0 Å². The molecule has 23 heavy (non-hydrogen) atoms. The zero-order chi connectivity index (χ0) is 16.6. The minimum atomic E-state index is -0.258. The molecule has 1 heterocycles. The number of benzene rings is 2. The van der Waals surface area contributed by atoms with E-state index in [-0.39, 0.29) is 11.7 Å². The number of anilines is 1. The third-order valence-corrected chi connectivity index (χ3v) is 3.88. The highest BCUT2D eigenvalue weighted by molar-refractivity contribution is 6.32. The number of H-pyrrole nitrogens is 1. The van der Waals surface area contributed by atoms with Gasteiger partial charge in [-0.25, -0.2) is 0 Å². The molecule has 0 aliphatic carbocycles. The van der Waals surface area contributed by atoms with Crippen molar-refractivity contribution in [2.24, 2.45) is 0 Å². The fourth-order valence-corrected chi connectivity index (χ4v) is 2.69. The van der Waals surface area contributed by atoms with Crippen LogP contribution in [0.4, 0.5) is 5.69 Å². The molecule has 0 saturated carbocycles. The van der Waals surface area contributed by atoms with Crippen molar-refractivity contribution in [2.45, 2.75) is 6.92 Å². The maximum absolute atomic E-state index is 12.8. The maximum Gasteiger partial charge on any atom is 0.221 e. The Bertz CT molecular complexity index is 914. The van der Waals surface area contributed by atoms with Crippen LogP contribution in [0.1, 0.15) is 23.0 Å². The Morgan fingerprint density at radius 2 is 1.65 bits per heavy atom. The number of carbonyl (C=O) groups excluding carboxylic acids is 2. The molecule has 0 aliphatic heterocycles. The number of halogens is 2. The Kier molecular flexibility index (Phi) is 4.11. The SMILES string of the molecule is CC(=O)Nc1c(C(=O)c2ccc(Cl)cc2)[nH]c2cc(Cl)ccc12. The van der Waals surface area contributed by atoms with Gasteiger partial charge in [0.25, 0.3) is 0 Å². The van der Waals surface area contributed by atoms with Crippen LogP contribution in [0.3, 0.4) is 0 Å². The molecule has 116 valence electrons. The minimum absolute atomic E-state index is 0.238. The van der Waals surface area contributed by atoms with Crippen LogP contribution in [0.15, 0.2) is 42.5 Å². The monoisotopic (exact) mass is 346 g/mol. The highest BCUT2D eigenvalue weighted by Crippen LogP contribution is 2.31. The lowest BCUT2D eigenvalue weighted by Gasteiger charge is -2.05. The van der Waals surface area contributed by atoms with E-state index < -0.39 is 0 Å². The van der Waals surface area contributed by atoms with Gasteiger partial charge in [-0.05, 0) is 42.5 Å². The van der Waals surface area contributed by atoms with Crippen LogP contribution >= 0.6 is 23.2 Å². The van der Waals surface area contributed by atoms with Crippen molar-refractivity contribution in [1.82, 2.24) is 4.98 Å². The summed E-state index contributed by atoms with van der Waals surface area (Å²) in [6.07, 6.45) is 0. The van der Waals surface area contributed by atoms with Crippen LogP contribution in [0, 0.1) is 0 Å². The number of carbonyl (C=O) groups is 2. The Labute approximate surface area is 142 Å². The van der Waals surface area contributed by atoms with Crippen LogP contribution in [0.25, 0.3) is 10.9 Å². The molecule has 3 aromatic rings. The van der Waals surface area contributed by atoms with E-state index in [9.17, 15) is 9.59 Å².